The van der Waals surface area contributed by atoms with Crippen molar-refractivity contribution in [1.82, 2.24) is 4.98 Å². The average Bonchev–Trinajstić information content (AvgIpc) is 2.98. The Morgan fingerprint density at radius 3 is 2.86 bits per heavy atom. The van der Waals surface area contributed by atoms with Crippen LogP contribution in [0.3, 0.4) is 0 Å². The van der Waals surface area contributed by atoms with Crippen molar-refractivity contribution in [2.24, 2.45) is 10.7 Å². The Morgan fingerprint density at radius 2 is 2.14 bits per heavy atom. The van der Waals surface area contributed by atoms with Crippen LogP contribution in [0.25, 0.3) is 22.6 Å². The maximum atomic E-state index is 5.76. The van der Waals surface area contributed by atoms with Gasteiger partial charge in [0.2, 0.25) is 5.89 Å². The van der Waals surface area contributed by atoms with Gasteiger partial charge in [0, 0.05) is 5.56 Å². The van der Waals surface area contributed by atoms with Gasteiger partial charge in [0.15, 0.2) is 5.58 Å². The first-order chi connectivity index (χ1) is 10.7. The third-order valence-corrected chi connectivity index (χ3v) is 3.39. The minimum atomic E-state index is 0.149. The summed E-state index contributed by atoms with van der Waals surface area (Å²) < 4.78 is 11.0. The maximum Gasteiger partial charge on any atom is 0.227 e. The van der Waals surface area contributed by atoms with E-state index < -0.39 is 0 Å². The number of benzene rings is 2. The Bertz CT molecular complexity index is 809. The van der Waals surface area contributed by atoms with E-state index in [0.29, 0.717) is 23.2 Å². The molecule has 0 saturated heterocycles. The third kappa shape index (κ3) is 2.76. The van der Waals surface area contributed by atoms with Gasteiger partial charge in [-0.3, -0.25) is 0 Å². The summed E-state index contributed by atoms with van der Waals surface area (Å²) in [6, 6.07) is 13.1. The summed E-state index contributed by atoms with van der Waals surface area (Å²) in [6.07, 6.45) is 0. The van der Waals surface area contributed by atoms with E-state index in [1.807, 2.05) is 36.4 Å². The van der Waals surface area contributed by atoms with Gasteiger partial charge in [-0.15, -0.1) is 11.6 Å². The maximum absolute atomic E-state index is 5.76. The molecular formula is C16H14ClN3O2. The van der Waals surface area contributed by atoms with Crippen LogP contribution in [0.4, 0.5) is 5.69 Å². The lowest BCUT2D eigenvalue weighted by Gasteiger charge is -2.06. The van der Waals surface area contributed by atoms with Gasteiger partial charge in [0.1, 0.15) is 22.8 Å². The van der Waals surface area contributed by atoms with E-state index in [1.165, 1.54) is 0 Å². The fourth-order valence-electron chi connectivity index (χ4n) is 2.09. The zero-order valence-electron chi connectivity index (χ0n) is 11.9. The summed E-state index contributed by atoms with van der Waals surface area (Å²) in [6.45, 7) is 0. The molecule has 0 aliphatic carbocycles. The summed E-state index contributed by atoms with van der Waals surface area (Å²) >= 11 is 5.68. The summed E-state index contributed by atoms with van der Waals surface area (Å²) in [5.41, 5.74) is 8.61. The molecule has 1 heterocycles. The van der Waals surface area contributed by atoms with Crippen LogP contribution in [0.2, 0.25) is 0 Å². The molecule has 22 heavy (non-hydrogen) atoms. The second-order valence-corrected chi connectivity index (χ2v) is 4.88. The predicted molar refractivity (Wildman–Crippen MR) is 88.0 cm³/mol. The number of ether oxygens (including phenoxy) is 1. The van der Waals surface area contributed by atoms with Gasteiger partial charge < -0.3 is 14.9 Å². The molecule has 0 amide bonds. The summed E-state index contributed by atoms with van der Waals surface area (Å²) in [5.74, 6) is 1.59. The van der Waals surface area contributed by atoms with Crippen molar-refractivity contribution in [2.75, 3.05) is 13.0 Å². The minimum Gasteiger partial charge on any atom is -0.494 e. The molecule has 0 fully saturated rings. The highest BCUT2D eigenvalue weighted by molar-refractivity contribution is 6.28. The van der Waals surface area contributed by atoms with E-state index in [9.17, 15) is 0 Å². The fourth-order valence-corrected chi connectivity index (χ4v) is 2.15. The van der Waals surface area contributed by atoms with Gasteiger partial charge in [-0.2, -0.15) is 0 Å². The molecule has 0 atom stereocenters. The Balaban J connectivity index is 2.09. The Morgan fingerprint density at radius 1 is 1.32 bits per heavy atom. The van der Waals surface area contributed by atoms with Gasteiger partial charge in [-0.25, -0.2) is 9.98 Å². The second-order valence-electron chi connectivity index (χ2n) is 4.61. The molecule has 0 bridgehead atoms. The lowest BCUT2D eigenvalue weighted by Crippen LogP contribution is -2.12. The second kappa shape index (κ2) is 6.07. The first kappa shape index (κ1) is 14.4. The van der Waals surface area contributed by atoms with Gasteiger partial charge in [-0.05, 0) is 30.3 Å². The van der Waals surface area contributed by atoms with Crippen LogP contribution in [-0.2, 0) is 0 Å². The number of methoxy groups -OCH3 is 1. The van der Waals surface area contributed by atoms with Crippen molar-refractivity contribution in [1.29, 1.82) is 0 Å². The van der Waals surface area contributed by atoms with Crippen molar-refractivity contribution in [3.63, 3.8) is 0 Å². The van der Waals surface area contributed by atoms with Crippen molar-refractivity contribution in [3.8, 4) is 17.2 Å². The number of fused-ring (bicyclic) bond motifs is 1. The van der Waals surface area contributed by atoms with Gasteiger partial charge in [0.05, 0.1) is 13.0 Å². The molecular weight excluding hydrogens is 302 g/mol. The van der Waals surface area contributed by atoms with E-state index in [-0.39, 0.29) is 5.88 Å². The summed E-state index contributed by atoms with van der Waals surface area (Å²) in [4.78, 5) is 8.72. The molecule has 0 aliphatic rings. The van der Waals surface area contributed by atoms with Crippen LogP contribution in [0, 0.1) is 0 Å². The van der Waals surface area contributed by atoms with Crippen LogP contribution in [-0.4, -0.2) is 23.8 Å². The Hall–Kier alpha value is -2.53. The van der Waals surface area contributed by atoms with Crippen molar-refractivity contribution < 1.29 is 9.15 Å². The van der Waals surface area contributed by atoms with E-state index in [4.69, 9.17) is 26.5 Å². The minimum absolute atomic E-state index is 0.149. The number of oxazole rings is 1. The number of para-hydroxylation sites is 2. The van der Waals surface area contributed by atoms with Gasteiger partial charge in [0.25, 0.3) is 0 Å². The smallest absolute Gasteiger partial charge is 0.227 e. The van der Waals surface area contributed by atoms with E-state index in [0.717, 1.165) is 16.7 Å². The number of aliphatic imine (C=N–C) groups is 1. The first-order valence-corrected chi connectivity index (χ1v) is 7.17. The molecule has 112 valence electrons. The summed E-state index contributed by atoms with van der Waals surface area (Å²) in [5, 5.41) is 0. The standard InChI is InChI=1S/C16H14ClN3O2/c1-21-13-7-6-10(8-12(13)19-15(18)9-17)16-20-11-4-2-3-5-14(11)22-16/h2-8H,9H2,1H3,(H2,18,19). The zero-order chi connectivity index (χ0) is 15.5. The molecule has 2 aromatic carbocycles. The van der Waals surface area contributed by atoms with Gasteiger partial charge >= 0.3 is 0 Å². The average molecular weight is 316 g/mol. The number of nitrogens with zero attached hydrogens (tertiary/aromatic N) is 2. The highest BCUT2D eigenvalue weighted by Crippen LogP contribution is 2.33. The van der Waals surface area contributed by atoms with Crippen molar-refractivity contribution in [2.45, 2.75) is 0 Å². The Labute approximate surface area is 132 Å². The molecule has 0 unspecified atom stereocenters. The molecule has 3 rings (SSSR count). The van der Waals surface area contributed by atoms with E-state index >= 15 is 0 Å². The number of halogens is 1. The molecule has 5 nitrogen and oxygen atoms in total. The number of amidine groups is 1. The number of rotatable bonds is 4. The lowest BCUT2D eigenvalue weighted by atomic mass is 10.2. The molecule has 6 heteroatoms. The fraction of sp³-hybridized carbons (Fsp3) is 0.125. The molecule has 0 aliphatic heterocycles. The molecule has 0 spiro atoms. The van der Waals surface area contributed by atoms with E-state index in [2.05, 4.69) is 9.98 Å². The van der Waals surface area contributed by atoms with Crippen molar-refractivity contribution in [3.05, 3.63) is 42.5 Å². The zero-order valence-corrected chi connectivity index (χ0v) is 12.7. The first-order valence-electron chi connectivity index (χ1n) is 6.64. The van der Waals surface area contributed by atoms with Crippen LogP contribution in [0.1, 0.15) is 0 Å². The highest BCUT2D eigenvalue weighted by Gasteiger charge is 2.11. The van der Waals surface area contributed by atoms with Crippen LogP contribution in [0.15, 0.2) is 51.9 Å². The molecule has 2 N–H and O–H groups in total. The van der Waals surface area contributed by atoms with Crippen LogP contribution >= 0.6 is 11.6 Å². The monoisotopic (exact) mass is 315 g/mol. The number of hydrogen-bond donors (Lipinski definition) is 1. The number of alkyl halides is 1. The molecule has 3 aromatic rings. The van der Waals surface area contributed by atoms with Crippen molar-refractivity contribution >= 4 is 34.2 Å². The predicted octanol–water partition coefficient (Wildman–Crippen LogP) is 3.73. The molecule has 1 aromatic heterocycles. The topological polar surface area (TPSA) is 73.6 Å². The number of hydrogen-bond acceptors (Lipinski definition) is 4. The van der Waals surface area contributed by atoms with Crippen LogP contribution < -0.4 is 10.5 Å². The molecule has 0 radical (unpaired) electrons. The summed E-state index contributed by atoms with van der Waals surface area (Å²) in [7, 11) is 1.57. The normalized spacial score (nSPS) is 11.8. The number of aromatic nitrogens is 1. The highest BCUT2D eigenvalue weighted by atomic mass is 35.5. The lowest BCUT2D eigenvalue weighted by molar-refractivity contribution is 0.416. The van der Waals surface area contributed by atoms with Gasteiger partial charge in [-0.1, -0.05) is 12.1 Å². The van der Waals surface area contributed by atoms with E-state index in [1.54, 1.807) is 13.2 Å². The quantitative estimate of drug-likeness (QED) is 0.452. The third-order valence-electron chi connectivity index (χ3n) is 3.12. The van der Waals surface area contributed by atoms with Crippen LogP contribution in [0.5, 0.6) is 5.75 Å². The SMILES string of the molecule is COc1ccc(-c2nc3ccccc3o2)cc1N=C(N)CCl. The molecule has 0 saturated carbocycles. The number of nitrogens with two attached hydrogens (primary N) is 1. The largest absolute Gasteiger partial charge is 0.494 e. The Kier molecular flexibility index (Phi) is 3.98.